The van der Waals surface area contributed by atoms with E-state index in [4.69, 9.17) is 0 Å². The zero-order valence-corrected chi connectivity index (χ0v) is 14.2. The molecule has 0 spiro atoms. The maximum Gasteiger partial charge on any atom is 0.151 e. The molecule has 128 valence electrons. The van der Waals surface area contributed by atoms with Gasteiger partial charge in [0, 0.05) is 31.4 Å². The summed E-state index contributed by atoms with van der Waals surface area (Å²) < 4.78 is 0. The molecule has 1 aromatic heterocycles. The molecular formula is C19H26N4O. The Hall–Kier alpha value is -2.14. The third-order valence-corrected chi connectivity index (χ3v) is 4.63. The number of benzene rings is 1. The third-order valence-electron chi connectivity index (χ3n) is 4.63. The lowest BCUT2D eigenvalue weighted by Crippen LogP contribution is -2.48. The van der Waals surface area contributed by atoms with Crippen molar-refractivity contribution in [1.82, 2.24) is 15.5 Å². The number of anilines is 1. The van der Waals surface area contributed by atoms with E-state index in [0.717, 1.165) is 31.7 Å². The summed E-state index contributed by atoms with van der Waals surface area (Å²) in [6, 6.07) is 12.4. The van der Waals surface area contributed by atoms with Crippen molar-refractivity contribution in [3.05, 3.63) is 48.2 Å². The molecule has 1 aromatic carbocycles. The molecule has 0 saturated carbocycles. The number of aromatic nitrogens is 2. The summed E-state index contributed by atoms with van der Waals surface area (Å²) in [6.07, 6.45) is 6.22. The van der Waals surface area contributed by atoms with E-state index in [1.165, 1.54) is 18.4 Å². The lowest BCUT2D eigenvalue weighted by molar-refractivity contribution is 0.372. The quantitative estimate of drug-likeness (QED) is 0.855. The average molecular weight is 326 g/mol. The number of hydrogen-bond donors (Lipinski definition) is 2. The van der Waals surface area contributed by atoms with Gasteiger partial charge in [0.05, 0.1) is 0 Å². The number of rotatable bonds is 6. The van der Waals surface area contributed by atoms with Crippen LogP contribution in [0.4, 0.5) is 5.82 Å². The number of piperidine rings is 1. The van der Waals surface area contributed by atoms with Gasteiger partial charge in [-0.15, -0.1) is 5.10 Å². The summed E-state index contributed by atoms with van der Waals surface area (Å²) in [5, 5.41) is 21.3. The topological polar surface area (TPSA) is 61.3 Å². The highest BCUT2D eigenvalue weighted by molar-refractivity contribution is 5.37. The summed E-state index contributed by atoms with van der Waals surface area (Å²) in [4.78, 5) is 2.32. The second-order valence-electron chi connectivity index (χ2n) is 6.64. The number of aryl methyl sites for hydroxylation is 1. The third kappa shape index (κ3) is 4.68. The van der Waals surface area contributed by atoms with Crippen molar-refractivity contribution in [2.45, 2.75) is 44.7 Å². The second-order valence-corrected chi connectivity index (χ2v) is 6.64. The largest absolute Gasteiger partial charge is 0.508 e. The molecule has 2 atom stereocenters. The van der Waals surface area contributed by atoms with Gasteiger partial charge in [0.25, 0.3) is 0 Å². The van der Waals surface area contributed by atoms with Crippen molar-refractivity contribution in [3.63, 3.8) is 0 Å². The fourth-order valence-electron chi connectivity index (χ4n) is 3.31. The summed E-state index contributed by atoms with van der Waals surface area (Å²) in [6.45, 7) is 4.29. The molecule has 24 heavy (non-hydrogen) atoms. The van der Waals surface area contributed by atoms with E-state index in [1.807, 2.05) is 24.3 Å². The van der Waals surface area contributed by atoms with Crippen molar-refractivity contribution in [2.75, 3.05) is 18.0 Å². The summed E-state index contributed by atoms with van der Waals surface area (Å²) >= 11 is 0. The number of nitrogens with one attached hydrogen (secondary N) is 1. The molecule has 2 N–H and O–H groups in total. The van der Waals surface area contributed by atoms with Crippen molar-refractivity contribution >= 4 is 5.82 Å². The standard InChI is InChI=1S/C19H26N4O/c1-15(6-7-16-8-10-18(24)11-9-16)21-17-4-3-13-23(14-17)19-5-2-12-20-22-19/h2,5,8-12,15,17,21,24H,3-4,6-7,13-14H2,1H3/t15-,17-/m1/s1. The Bertz CT molecular complexity index is 617. The lowest BCUT2D eigenvalue weighted by Gasteiger charge is -2.35. The fourth-order valence-corrected chi connectivity index (χ4v) is 3.31. The Morgan fingerprint density at radius 1 is 1.29 bits per heavy atom. The molecule has 2 heterocycles. The van der Waals surface area contributed by atoms with Crippen LogP contribution in [0, 0.1) is 0 Å². The van der Waals surface area contributed by atoms with Gasteiger partial charge in [-0.2, -0.15) is 5.10 Å². The summed E-state index contributed by atoms with van der Waals surface area (Å²) in [5.41, 5.74) is 1.27. The molecule has 1 aliphatic heterocycles. The first-order chi connectivity index (χ1) is 11.7. The molecule has 3 rings (SSSR count). The minimum Gasteiger partial charge on any atom is -0.508 e. The lowest BCUT2D eigenvalue weighted by atomic mass is 10.0. The van der Waals surface area contributed by atoms with E-state index in [-0.39, 0.29) is 0 Å². The van der Waals surface area contributed by atoms with Crippen LogP contribution < -0.4 is 10.2 Å². The van der Waals surface area contributed by atoms with Crippen LogP contribution in [0.25, 0.3) is 0 Å². The molecule has 5 nitrogen and oxygen atoms in total. The smallest absolute Gasteiger partial charge is 0.151 e. The van der Waals surface area contributed by atoms with E-state index in [1.54, 1.807) is 18.3 Å². The Morgan fingerprint density at radius 2 is 2.12 bits per heavy atom. The molecule has 1 fully saturated rings. The van der Waals surface area contributed by atoms with Gasteiger partial charge < -0.3 is 15.3 Å². The van der Waals surface area contributed by atoms with Crippen molar-refractivity contribution < 1.29 is 5.11 Å². The van der Waals surface area contributed by atoms with Crippen LogP contribution in [0.2, 0.25) is 0 Å². The van der Waals surface area contributed by atoms with Crippen LogP contribution in [0.1, 0.15) is 31.7 Å². The minimum atomic E-state index is 0.330. The second kappa shape index (κ2) is 8.11. The highest BCUT2D eigenvalue weighted by Gasteiger charge is 2.22. The zero-order valence-electron chi connectivity index (χ0n) is 14.2. The first-order valence-corrected chi connectivity index (χ1v) is 8.77. The first-order valence-electron chi connectivity index (χ1n) is 8.77. The van der Waals surface area contributed by atoms with Gasteiger partial charge in [0.2, 0.25) is 0 Å². The van der Waals surface area contributed by atoms with Crippen molar-refractivity contribution in [3.8, 4) is 5.75 Å². The highest BCUT2D eigenvalue weighted by atomic mass is 16.3. The number of phenols is 1. The number of hydrogen-bond acceptors (Lipinski definition) is 5. The molecule has 0 amide bonds. The zero-order chi connectivity index (χ0) is 16.8. The van der Waals surface area contributed by atoms with E-state index in [0.29, 0.717) is 17.8 Å². The van der Waals surface area contributed by atoms with Crippen molar-refractivity contribution in [2.24, 2.45) is 0 Å². The van der Waals surface area contributed by atoms with Gasteiger partial charge in [-0.1, -0.05) is 12.1 Å². The maximum atomic E-state index is 9.34. The van der Waals surface area contributed by atoms with Gasteiger partial charge in [-0.05, 0) is 62.4 Å². The van der Waals surface area contributed by atoms with E-state index in [2.05, 4.69) is 27.3 Å². The van der Waals surface area contributed by atoms with Crippen molar-refractivity contribution in [1.29, 1.82) is 0 Å². The first kappa shape index (κ1) is 16.7. The molecule has 1 aliphatic rings. The Balaban J connectivity index is 1.47. The fraction of sp³-hybridized carbons (Fsp3) is 0.474. The predicted molar refractivity (Wildman–Crippen MR) is 96.3 cm³/mol. The van der Waals surface area contributed by atoms with E-state index < -0.39 is 0 Å². The SMILES string of the molecule is C[C@H](CCc1ccc(O)cc1)N[C@@H]1CCCN(c2cccnn2)C1. The monoisotopic (exact) mass is 326 g/mol. The van der Waals surface area contributed by atoms with Gasteiger partial charge in [-0.25, -0.2) is 0 Å². The Morgan fingerprint density at radius 3 is 2.88 bits per heavy atom. The molecule has 0 radical (unpaired) electrons. The van der Waals surface area contributed by atoms with Gasteiger partial charge in [0.1, 0.15) is 5.75 Å². The average Bonchev–Trinajstić information content (AvgIpc) is 2.62. The van der Waals surface area contributed by atoms with Crippen LogP contribution >= 0.6 is 0 Å². The number of phenolic OH excluding ortho intramolecular Hbond substituents is 1. The normalized spacial score (nSPS) is 19.2. The van der Waals surface area contributed by atoms with Crippen LogP contribution in [-0.2, 0) is 6.42 Å². The predicted octanol–water partition coefficient (Wildman–Crippen LogP) is 2.76. The summed E-state index contributed by atoms with van der Waals surface area (Å²) in [7, 11) is 0. The van der Waals surface area contributed by atoms with Gasteiger partial charge >= 0.3 is 0 Å². The van der Waals surface area contributed by atoms with Crippen LogP contribution in [-0.4, -0.2) is 40.5 Å². The molecule has 0 bridgehead atoms. The van der Waals surface area contributed by atoms with Gasteiger partial charge in [-0.3, -0.25) is 0 Å². The molecule has 0 unspecified atom stereocenters. The number of aromatic hydroxyl groups is 1. The number of nitrogens with zero attached hydrogens (tertiary/aromatic N) is 3. The van der Waals surface area contributed by atoms with E-state index >= 15 is 0 Å². The molecule has 0 aliphatic carbocycles. The van der Waals surface area contributed by atoms with Crippen LogP contribution in [0.3, 0.4) is 0 Å². The summed E-state index contributed by atoms with van der Waals surface area (Å²) in [5.74, 6) is 1.30. The minimum absolute atomic E-state index is 0.330. The Labute approximate surface area is 143 Å². The highest BCUT2D eigenvalue weighted by Crippen LogP contribution is 2.18. The molecule has 1 saturated heterocycles. The van der Waals surface area contributed by atoms with Gasteiger partial charge in [0.15, 0.2) is 5.82 Å². The Kier molecular flexibility index (Phi) is 5.64. The maximum absolute atomic E-state index is 9.34. The molecule has 5 heteroatoms. The van der Waals surface area contributed by atoms with E-state index in [9.17, 15) is 5.11 Å². The molecule has 2 aromatic rings. The molecular weight excluding hydrogens is 300 g/mol. The van der Waals surface area contributed by atoms with Crippen LogP contribution in [0.5, 0.6) is 5.75 Å². The van der Waals surface area contributed by atoms with Crippen LogP contribution in [0.15, 0.2) is 42.6 Å².